The summed E-state index contributed by atoms with van der Waals surface area (Å²) >= 11 is 0. The highest BCUT2D eigenvalue weighted by molar-refractivity contribution is 5.47. The van der Waals surface area contributed by atoms with Crippen LogP contribution in [0, 0.1) is 0 Å². The van der Waals surface area contributed by atoms with Crippen molar-refractivity contribution < 1.29 is 17.9 Å². The van der Waals surface area contributed by atoms with E-state index in [0.717, 1.165) is 6.42 Å². The van der Waals surface area contributed by atoms with Crippen molar-refractivity contribution in [3.05, 3.63) is 11.9 Å². The number of aromatic nitrogens is 2. The maximum atomic E-state index is 12.6. The van der Waals surface area contributed by atoms with Crippen LogP contribution in [0.5, 0.6) is 0 Å². The molecular weight excluding hydrogens is 261 g/mol. The van der Waals surface area contributed by atoms with Crippen LogP contribution in [0.1, 0.15) is 19.2 Å². The molecule has 1 fully saturated rings. The summed E-state index contributed by atoms with van der Waals surface area (Å²) < 4.78 is 43.3. The second kappa shape index (κ2) is 4.84. The Morgan fingerprint density at radius 2 is 2.11 bits per heavy atom. The lowest BCUT2D eigenvalue weighted by Gasteiger charge is -2.28. The summed E-state index contributed by atoms with van der Waals surface area (Å²) in [6.07, 6.45) is -3.93. The minimum atomic E-state index is -4.61. The lowest BCUT2D eigenvalue weighted by atomic mass is 10.1. The Kier molecular flexibility index (Phi) is 3.53. The Hall–Kier alpha value is -1.57. The highest BCUT2D eigenvalue weighted by Crippen LogP contribution is 2.30. The third-order valence-corrected chi connectivity index (χ3v) is 3.18. The van der Waals surface area contributed by atoms with Crippen LogP contribution in [-0.4, -0.2) is 35.8 Å². The first kappa shape index (κ1) is 13.9. The number of rotatable bonds is 2. The van der Waals surface area contributed by atoms with Gasteiger partial charge in [0.25, 0.3) is 0 Å². The van der Waals surface area contributed by atoms with E-state index in [4.69, 9.17) is 10.5 Å². The largest absolute Gasteiger partial charge is 0.451 e. The molecule has 19 heavy (non-hydrogen) atoms. The monoisotopic (exact) mass is 276 g/mol. The van der Waals surface area contributed by atoms with Crippen molar-refractivity contribution >= 4 is 11.6 Å². The predicted molar refractivity (Wildman–Crippen MR) is 63.7 cm³/mol. The highest BCUT2D eigenvalue weighted by Gasteiger charge is 2.36. The summed E-state index contributed by atoms with van der Waals surface area (Å²) in [5.41, 5.74) is 5.42. The molecule has 0 radical (unpaired) electrons. The van der Waals surface area contributed by atoms with E-state index in [1.807, 2.05) is 6.92 Å². The van der Waals surface area contributed by atoms with Gasteiger partial charge in [0.15, 0.2) is 0 Å². The molecule has 0 aromatic carbocycles. The number of nitrogens with two attached hydrogens (primary N) is 1. The number of anilines is 2. The number of ether oxygens (including phenoxy) is 1. The van der Waals surface area contributed by atoms with Gasteiger partial charge in [-0.1, -0.05) is 0 Å². The molecule has 0 bridgehead atoms. The van der Waals surface area contributed by atoms with Gasteiger partial charge in [0.1, 0.15) is 11.6 Å². The number of likely N-dealkylation sites (N-methyl/N-ethyl adjacent to an activating group) is 1. The van der Waals surface area contributed by atoms with Crippen LogP contribution in [0.25, 0.3) is 0 Å². The van der Waals surface area contributed by atoms with E-state index in [2.05, 4.69) is 9.97 Å². The number of alkyl halides is 3. The molecule has 2 atom stereocenters. The molecular formula is C11H15F3N4O. The van der Waals surface area contributed by atoms with Crippen molar-refractivity contribution in [1.29, 1.82) is 0 Å². The fourth-order valence-electron chi connectivity index (χ4n) is 2.16. The second-order valence-electron chi connectivity index (χ2n) is 4.52. The van der Waals surface area contributed by atoms with E-state index >= 15 is 0 Å². The predicted octanol–water partition coefficient (Wildman–Crippen LogP) is 1.69. The Balaban J connectivity index is 2.31. The number of hydrogen-bond acceptors (Lipinski definition) is 5. The number of nitrogen functional groups attached to an aromatic ring is 1. The minimum absolute atomic E-state index is 0.0182. The molecule has 2 unspecified atom stereocenters. The number of halogens is 3. The van der Waals surface area contributed by atoms with Gasteiger partial charge in [0.2, 0.25) is 5.82 Å². The van der Waals surface area contributed by atoms with Gasteiger partial charge >= 0.3 is 6.18 Å². The van der Waals surface area contributed by atoms with Crippen LogP contribution in [-0.2, 0) is 10.9 Å². The third kappa shape index (κ3) is 2.89. The SMILES string of the molecule is CC1OCCC1N(C)c1cc(N)nc(C(F)(F)F)n1. The molecule has 5 nitrogen and oxygen atoms in total. The fraction of sp³-hybridized carbons (Fsp3) is 0.636. The molecule has 2 heterocycles. The van der Waals surface area contributed by atoms with Crippen molar-refractivity contribution in [3.8, 4) is 0 Å². The van der Waals surface area contributed by atoms with Gasteiger partial charge in [0.05, 0.1) is 12.1 Å². The first-order valence-corrected chi connectivity index (χ1v) is 5.85. The van der Waals surface area contributed by atoms with Crippen LogP contribution >= 0.6 is 0 Å². The first-order chi connectivity index (χ1) is 8.79. The van der Waals surface area contributed by atoms with E-state index in [9.17, 15) is 13.2 Å². The van der Waals surface area contributed by atoms with Crippen molar-refractivity contribution in [3.63, 3.8) is 0 Å². The molecule has 106 valence electrons. The van der Waals surface area contributed by atoms with Crippen LogP contribution in [0.15, 0.2) is 6.07 Å². The molecule has 1 aliphatic rings. The Bertz CT molecular complexity index is 466. The quantitative estimate of drug-likeness (QED) is 0.890. The van der Waals surface area contributed by atoms with Crippen molar-refractivity contribution in [1.82, 2.24) is 9.97 Å². The lowest BCUT2D eigenvalue weighted by molar-refractivity contribution is -0.144. The average Bonchev–Trinajstić information content (AvgIpc) is 2.72. The third-order valence-electron chi connectivity index (χ3n) is 3.18. The van der Waals surface area contributed by atoms with E-state index in [1.165, 1.54) is 6.07 Å². The zero-order valence-corrected chi connectivity index (χ0v) is 10.6. The summed E-state index contributed by atoms with van der Waals surface area (Å²) in [6.45, 7) is 2.46. The Morgan fingerprint density at radius 1 is 1.42 bits per heavy atom. The van der Waals surface area contributed by atoms with Gasteiger partial charge in [-0.15, -0.1) is 0 Å². The molecule has 1 aromatic heterocycles. The van der Waals surface area contributed by atoms with Gasteiger partial charge < -0.3 is 15.4 Å². The van der Waals surface area contributed by atoms with Gasteiger partial charge in [0, 0.05) is 19.7 Å². The topological polar surface area (TPSA) is 64.3 Å². The maximum Gasteiger partial charge on any atom is 0.451 e. The molecule has 0 aliphatic carbocycles. The smallest absolute Gasteiger partial charge is 0.384 e. The standard InChI is InChI=1S/C11H15F3N4O/c1-6-7(3-4-19-6)18(2)9-5-8(15)16-10(17-9)11(12,13)14/h5-7H,3-4H2,1-2H3,(H2,15,16,17). The zero-order valence-electron chi connectivity index (χ0n) is 10.6. The molecule has 1 aliphatic heterocycles. The van der Waals surface area contributed by atoms with Gasteiger partial charge in [-0.05, 0) is 13.3 Å². The molecule has 8 heteroatoms. The molecule has 1 aromatic rings. The van der Waals surface area contributed by atoms with Crippen LogP contribution in [0.3, 0.4) is 0 Å². The van der Waals surface area contributed by atoms with Gasteiger partial charge in [-0.2, -0.15) is 13.2 Å². The summed E-state index contributed by atoms with van der Waals surface area (Å²) in [6, 6.07) is 1.32. The van der Waals surface area contributed by atoms with Crippen LogP contribution in [0.2, 0.25) is 0 Å². The lowest BCUT2D eigenvalue weighted by Crippen LogP contribution is -2.37. The normalized spacial score (nSPS) is 23.6. The van der Waals surface area contributed by atoms with E-state index in [-0.39, 0.29) is 23.8 Å². The molecule has 2 N–H and O–H groups in total. The van der Waals surface area contributed by atoms with Crippen molar-refractivity contribution in [2.45, 2.75) is 31.7 Å². The first-order valence-electron chi connectivity index (χ1n) is 5.85. The number of hydrogen-bond donors (Lipinski definition) is 1. The summed E-state index contributed by atoms with van der Waals surface area (Å²) in [5.74, 6) is -1.26. The molecule has 0 spiro atoms. The van der Waals surface area contributed by atoms with Crippen LogP contribution < -0.4 is 10.6 Å². The van der Waals surface area contributed by atoms with Crippen molar-refractivity contribution in [2.24, 2.45) is 0 Å². The van der Waals surface area contributed by atoms with Gasteiger partial charge in [-0.3, -0.25) is 0 Å². The van der Waals surface area contributed by atoms with Crippen molar-refractivity contribution in [2.75, 3.05) is 24.3 Å². The molecule has 1 saturated heterocycles. The summed E-state index contributed by atoms with van der Waals surface area (Å²) in [5, 5.41) is 0. The second-order valence-corrected chi connectivity index (χ2v) is 4.52. The molecule has 0 amide bonds. The summed E-state index contributed by atoms with van der Waals surface area (Å²) in [4.78, 5) is 8.41. The molecule has 0 saturated carbocycles. The fourth-order valence-corrected chi connectivity index (χ4v) is 2.16. The van der Waals surface area contributed by atoms with E-state index in [0.29, 0.717) is 6.61 Å². The Morgan fingerprint density at radius 3 is 2.63 bits per heavy atom. The number of nitrogens with zero attached hydrogens (tertiary/aromatic N) is 3. The van der Waals surface area contributed by atoms with E-state index < -0.39 is 12.0 Å². The maximum absolute atomic E-state index is 12.6. The average molecular weight is 276 g/mol. The van der Waals surface area contributed by atoms with Gasteiger partial charge in [-0.25, -0.2) is 9.97 Å². The summed E-state index contributed by atoms with van der Waals surface area (Å²) in [7, 11) is 1.68. The molecule has 2 rings (SSSR count). The van der Waals surface area contributed by atoms with Crippen LogP contribution in [0.4, 0.5) is 24.8 Å². The zero-order chi connectivity index (χ0) is 14.2. The van der Waals surface area contributed by atoms with E-state index in [1.54, 1.807) is 11.9 Å². The minimum Gasteiger partial charge on any atom is -0.384 e. The Labute approximate surface area is 108 Å². The highest BCUT2D eigenvalue weighted by atomic mass is 19.4.